The Kier molecular flexibility index (Phi) is 13.6. The first-order valence-electron chi connectivity index (χ1n) is 15.5. The summed E-state index contributed by atoms with van der Waals surface area (Å²) in [4.78, 5) is 38.3. The molecular weight excluding hydrogens is 667 g/mol. The van der Waals surface area contributed by atoms with Gasteiger partial charge in [-0.15, -0.1) is 0 Å². The van der Waals surface area contributed by atoms with Gasteiger partial charge in [0.05, 0.1) is 25.7 Å². The third kappa shape index (κ3) is 9.56. The molecule has 0 saturated carbocycles. The summed E-state index contributed by atoms with van der Waals surface area (Å²) < 4.78 is 38.8. The molecule has 0 spiro atoms. The maximum absolute atomic E-state index is 14.5. The molecule has 18 heteroatoms. The van der Waals surface area contributed by atoms with E-state index in [4.69, 9.17) is 30.1 Å². The minimum absolute atomic E-state index is 0.119. The van der Waals surface area contributed by atoms with Crippen LogP contribution in [0.5, 0.6) is 5.75 Å². The summed E-state index contributed by atoms with van der Waals surface area (Å²) in [6.07, 6.45) is 1.58. The van der Waals surface area contributed by atoms with Gasteiger partial charge in [-0.1, -0.05) is 50.8 Å². The zero-order valence-electron chi connectivity index (χ0n) is 28.4. The van der Waals surface area contributed by atoms with E-state index in [0.29, 0.717) is 22.6 Å². The van der Waals surface area contributed by atoms with Crippen molar-refractivity contribution in [2.75, 3.05) is 27.3 Å². The number of aliphatic hydroxyl groups is 1. The Bertz CT molecular complexity index is 1630. The van der Waals surface area contributed by atoms with Crippen molar-refractivity contribution in [1.29, 1.82) is 0 Å². The Morgan fingerprint density at radius 1 is 1.38 bits per heavy atom. The smallest absolute Gasteiger partial charge is 0.459 e. The van der Waals surface area contributed by atoms with Crippen LogP contribution in [0, 0.1) is 12.8 Å². The molecular formula is C30H44ClN8O8P. The van der Waals surface area contributed by atoms with Gasteiger partial charge >= 0.3 is 19.4 Å². The van der Waals surface area contributed by atoms with Gasteiger partial charge < -0.3 is 24.0 Å². The van der Waals surface area contributed by atoms with Crippen molar-refractivity contribution in [1.82, 2.24) is 19.5 Å². The molecule has 1 saturated heterocycles. The predicted octanol–water partition coefficient (Wildman–Crippen LogP) is 5.61. The van der Waals surface area contributed by atoms with Crippen LogP contribution in [0.4, 0.5) is 5.82 Å². The normalized spacial score (nSPS) is 22.7. The van der Waals surface area contributed by atoms with E-state index < -0.39 is 56.0 Å². The lowest BCUT2D eigenvalue weighted by Gasteiger charge is -2.30. The highest BCUT2D eigenvalue weighted by Crippen LogP contribution is 2.51. The van der Waals surface area contributed by atoms with Crippen LogP contribution in [0.25, 0.3) is 10.4 Å². The maximum Gasteiger partial charge on any atom is 0.459 e. The number of carbonyl (C=O) groups excluding carboxylic acids is 1. The molecule has 2 aromatic rings. The Labute approximate surface area is 284 Å². The van der Waals surface area contributed by atoms with Crippen molar-refractivity contribution in [2.45, 2.75) is 84.4 Å². The topological polar surface area (TPSA) is 203 Å². The molecule has 0 radical (unpaired) electrons. The first-order valence-corrected chi connectivity index (χ1v) is 17.4. The van der Waals surface area contributed by atoms with Crippen LogP contribution in [0.1, 0.15) is 70.7 Å². The highest BCUT2D eigenvalue weighted by atomic mass is 35.5. The standard InChI is InChI=1S/C30H44ClN8O8P/c1-9-10-13-44-28(41)21(6)35-48(43,47-24-14-19(4)23(31)15-22(24)18(2)3)45-16-30(36-37-32)26(40)20(5)27(46-30)39-12-11-25(34-29(39)42)33-17-38(7)8/h11-12,14-15,17-18,20-21,26-27,40H,9-10,13,16H2,1-8H3,(H,35,43)/b33-17-/t20-,21-,26-,27+,30+,48?/m0/s1. The van der Waals surface area contributed by atoms with Crippen LogP contribution in [0.15, 0.2) is 39.3 Å². The summed E-state index contributed by atoms with van der Waals surface area (Å²) in [7, 11) is -1.03. The first-order chi connectivity index (χ1) is 22.6. The predicted molar refractivity (Wildman–Crippen MR) is 180 cm³/mol. The van der Waals surface area contributed by atoms with E-state index >= 15 is 0 Å². The van der Waals surface area contributed by atoms with Crippen LogP contribution in [0.2, 0.25) is 5.02 Å². The van der Waals surface area contributed by atoms with Crippen molar-refractivity contribution >= 4 is 37.5 Å². The molecule has 0 bridgehead atoms. The Morgan fingerprint density at radius 2 is 2.08 bits per heavy atom. The van der Waals surface area contributed by atoms with Gasteiger partial charge in [-0.3, -0.25) is 13.9 Å². The second kappa shape index (κ2) is 16.8. The zero-order chi connectivity index (χ0) is 35.8. The number of aryl methyl sites for hydroxylation is 1. The highest BCUT2D eigenvalue weighted by Gasteiger charge is 2.55. The lowest BCUT2D eigenvalue weighted by Crippen LogP contribution is -2.44. The number of aliphatic hydroxyl groups excluding tert-OH is 1. The van der Waals surface area contributed by atoms with E-state index in [1.807, 2.05) is 20.8 Å². The zero-order valence-corrected chi connectivity index (χ0v) is 30.0. The van der Waals surface area contributed by atoms with Gasteiger partial charge in [-0.05, 0) is 61.0 Å². The Hall–Kier alpha value is -3.49. The summed E-state index contributed by atoms with van der Waals surface area (Å²) >= 11 is 6.37. The molecule has 0 amide bonds. The lowest BCUT2D eigenvalue weighted by atomic mass is 9.98. The van der Waals surface area contributed by atoms with Gasteiger partial charge in [0.25, 0.3) is 0 Å². The molecule has 0 aliphatic carbocycles. The number of hydrogen-bond donors (Lipinski definition) is 2. The van der Waals surface area contributed by atoms with Crippen molar-refractivity contribution in [3.63, 3.8) is 0 Å². The number of esters is 1. The number of hydrogen-bond acceptors (Lipinski definition) is 11. The molecule has 16 nitrogen and oxygen atoms in total. The van der Waals surface area contributed by atoms with E-state index in [9.17, 15) is 24.8 Å². The summed E-state index contributed by atoms with van der Waals surface area (Å²) in [6.45, 7) is 9.82. The van der Waals surface area contributed by atoms with Gasteiger partial charge in [-0.2, -0.15) is 10.1 Å². The molecule has 3 rings (SSSR count). The van der Waals surface area contributed by atoms with E-state index in [1.165, 1.54) is 25.5 Å². The van der Waals surface area contributed by atoms with Crippen molar-refractivity contribution < 1.29 is 33.0 Å². The van der Waals surface area contributed by atoms with Crippen molar-refractivity contribution in [3.05, 3.63) is 61.5 Å². The highest BCUT2D eigenvalue weighted by molar-refractivity contribution is 7.52. The Balaban J connectivity index is 1.98. The van der Waals surface area contributed by atoms with Crippen LogP contribution in [-0.4, -0.2) is 77.0 Å². The second-order valence-electron chi connectivity index (χ2n) is 12.1. The summed E-state index contributed by atoms with van der Waals surface area (Å²) in [5.74, 6) is -1.35. The van der Waals surface area contributed by atoms with Crippen molar-refractivity contribution in [3.8, 4) is 5.75 Å². The minimum atomic E-state index is -4.55. The molecule has 1 aliphatic heterocycles. The number of benzene rings is 1. The van der Waals surface area contributed by atoms with E-state index in [0.717, 1.165) is 11.0 Å². The third-order valence-electron chi connectivity index (χ3n) is 7.48. The molecule has 48 heavy (non-hydrogen) atoms. The number of azide groups is 1. The summed E-state index contributed by atoms with van der Waals surface area (Å²) in [5, 5.41) is 18.1. The number of carbonyl (C=O) groups is 1. The molecule has 1 aromatic carbocycles. The fourth-order valence-electron chi connectivity index (χ4n) is 4.74. The van der Waals surface area contributed by atoms with Crippen LogP contribution in [0.3, 0.4) is 0 Å². The molecule has 1 aliphatic rings. The average molecular weight is 711 g/mol. The Morgan fingerprint density at radius 3 is 2.69 bits per heavy atom. The first kappa shape index (κ1) is 39.0. The number of rotatable bonds is 16. The molecule has 264 valence electrons. The fraction of sp³-hybridized carbons (Fsp3) is 0.600. The SMILES string of the molecule is CCCCOC(=O)[C@H](C)NP(=O)(OC[C@@]1(N=[N+]=[N-])O[C@@H](n2ccc(/N=C\N(C)C)nc2=O)[C@@H](C)[C@@H]1O)Oc1cc(C)c(Cl)cc1C(C)C. The fourth-order valence-corrected chi connectivity index (χ4v) is 6.45. The van der Waals surface area contributed by atoms with Gasteiger partial charge in [0.2, 0.25) is 0 Å². The van der Waals surface area contributed by atoms with Gasteiger partial charge in [0.15, 0.2) is 11.5 Å². The summed E-state index contributed by atoms with van der Waals surface area (Å²) in [5.41, 5.74) is 7.83. The third-order valence-corrected chi connectivity index (χ3v) is 9.50. The molecule has 2 heterocycles. The molecule has 6 atom stereocenters. The van der Waals surface area contributed by atoms with Crippen molar-refractivity contribution in [2.24, 2.45) is 16.0 Å². The monoisotopic (exact) mass is 710 g/mol. The number of nitrogens with one attached hydrogen (secondary N) is 1. The van der Waals surface area contributed by atoms with E-state index in [1.54, 1.807) is 45.0 Å². The van der Waals surface area contributed by atoms with Gasteiger partial charge in [0, 0.05) is 36.1 Å². The van der Waals surface area contributed by atoms with Crippen LogP contribution >= 0.6 is 19.3 Å². The number of aliphatic imine (C=N–C) groups is 1. The van der Waals surface area contributed by atoms with E-state index in [-0.39, 0.29) is 24.1 Å². The number of aromatic nitrogens is 2. The number of unbranched alkanes of at least 4 members (excludes halogenated alkanes) is 1. The van der Waals surface area contributed by atoms with E-state index in [2.05, 4.69) is 25.1 Å². The number of nitrogens with zero attached hydrogens (tertiary/aromatic N) is 7. The van der Waals surface area contributed by atoms with Gasteiger partial charge in [0.1, 0.15) is 18.0 Å². The lowest BCUT2D eigenvalue weighted by molar-refractivity contribution is -0.145. The minimum Gasteiger partial charge on any atom is -0.465 e. The van der Waals surface area contributed by atoms with Crippen LogP contribution < -0.4 is 15.3 Å². The number of ether oxygens (including phenoxy) is 2. The van der Waals surface area contributed by atoms with Gasteiger partial charge in [-0.25, -0.2) is 14.4 Å². The largest absolute Gasteiger partial charge is 0.465 e. The molecule has 2 N–H and O–H groups in total. The average Bonchev–Trinajstić information content (AvgIpc) is 3.26. The molecule has 1 unspecified atom stereocenters. The number of halogens is 1. The maximum atomic E-state index is 14.5. The summed E-state index contributed by atoms with van der Waals surface area (Å²) in [6, 6.07) is 3.58. The second-order valence-corrected chi connectivity index (χ2v) is 14.2. The molecule has 1 aromatic heterocycles. The quantitative estimate of drug-likeness (QED) is 0.0320. The molecule has 1 fully saturated rings. The van der Waals surface area contributed by atoms with Crippen LogP contribution in [-0.2, 0) is 23.4 Å².